The molecule has 154 valence electrons. The van der Waals surface area contributed by atoms with E-state index in [0.29, 0.717) is 12.2 Å². The Balaban J connectivity index is 2.10. The summed E-state index contributed by atoms with van der Waals surface area (Å²) in [5.41, 5.74) is 6.04. The molecule has 1 aliphatic carbocycles. The van der Waals surface area contributed by atoms with E-state index < -0.39 is 15.4 Å². The Kier molecular flexibility index (Phi) is 5.71. The number of nitrogen functional groups attached to an aromatic ring is 1. The average molecular weight is 437 g/mol. The van der Waals surface area contributed by atoms with Crippen molar-refractivity contribution in [2.24, 2.45) is 5.92 Å². The van der Waals surface area contributed by atoms with Gasteiger partial charge >= 0.3 is 0 Å². The molecule has 2 aromatic rings. The second kappa shape index (κ2) is 7.91. The number of allylic oxidation sites excluding steroid dienone is 4. The van der Waals surface area contributed by atoms with Gasteiger partial charge in [-0.05, 0) is 36.6 Å². The van der Waals surface area contributed by atoms with Crippen molar-refractivity contribution in [2.75, 3.05) is 18.1 Å². The zero-order valence-corrected chi connectivity index (χ0v) is 17.7. The summed E-state index contributed by atoms with van der Waals surface area (Å²) in [6.07, 6.45) is 5.81. The van der Waals surface area contributed by atoms with Gasteiger partial charge in [0.15, 0.2) is 5.76 Å². The fraction of sp³-hybridized carbons (Fsp3) is 0.333. The van der Waals surface area contributed by atoms with Crippen molar-refractivity contribution in [1.82, 2.24) is 14.6 Å². The highest BCUT2D eigenvalue weighted by Crippen LogP contribution is 2.24. The lowest BCUT2D eigenvalue weighted by molar-refractivity contribution is -0.114. The summed E-state index contributed by atoms with van der Waals surface area (Å²) in [5.74, 6) is -0.305. The van der Waals surface area contributed by atoms with E-state index in [0.717, 1.165) is 15.9 Å². The van der Waals surface area contributed by atoms with Gasteiger partial charge in [0.2, 0.25) is 24.9 Å². The molecule has 0 saturated carbocycles. The molecule has 2 N–H and O–H groups in total. The molecule has 0 atom stereocenters. The van der Waals surface area contributed by atoms with E-state index in [9.17, 15) is 18.0 Å². The second-order valence-corrected chi connectivity index (χ2v) is 9.90. The molecule has 0 radical (unpaired) electrons. The first kappa shape index (κ1) is 20.9. The monoisotopic (exact) mass is 436 g/mol. The minimum absolute atomic E-state index is 0.0357. The van der Waals surface area contributed by atoms with Crippen molar-refractivity contribution < 1.29 is 17.9 Å². The molecule has 0 bridgehead atoms. The fourth-order valence-corrected chi connectivity index (χ4v) is 5.48. The van der Waals surface area contributed by atoms with Crippen LogP contribution in [0.5, 0.6) is 0 Å². The van der Waals surface area contributed by atoms with Crippen molar-refractivity contribution in [1.29, 1.82) is 0 Å². The van der Waals surface area contributed by atoms with Crippen molar-refractivity contribution >= 4 is 43.8 Å². The normalized spacial score (nSPS) is 16.1. The average Bonchev–Trinajstić information content (AvgIpc) is 3.05. The van der Waals surface area contributed by atoms with E-state index in [1.165, 1.54) is 24.3 Å². The van der Waals surface area contributed by atoms with Crippen LogP contribution in [0.3, 0.4) is 0 Å². The third-order valence-electron chi connectivity index (χ3n) is 3.87. The zero-order valence-electron chi connectivity index (χ0n) is 16.1. The highest BCUT2D eigenvalue weighted by atomic mass is 32.2. The maximum atomic E-state index is 12.5. The van der Waals surface area contributed by atoms with Gasteiger partial charge in [0.1, 0.15) is 5.82 Å². The molecule has 0 amide bonds. The van der Waals surface area contributed by atoms with Gasteiger partial charge in [-0.25, -0.2) is 8.42 Å². The van der Waals surface area contributed by atoms with E-state index in [1.807, 2.05) is 0 Å². The molecular formula is C18H20N4O5S2. The third kappa shape index (κ3) is 4.30. The number of hydrogen-bond donors (Lipinski definition) is 1. The Hall–Kier alpha value is -2.79. The summed E-state index contributed by atoms with van der Waals surface area (Å²) in [6, 6.07) is 0. The smallest absolute Gasteiger partial charge is 0.283 e. The predicted octanol–water partition coefficient (Wildman–Crippen LogP) is 1.61. The first-order chi connectivity index (χ1) is 13.6. The van der Waals surface area contributed by atoms with Gasteiger partial charge in [-0.3, -0.25) is 9.59 Å². The van der Waals surface area contributed by atoms with Gasteiger partial charge in [-0.2, -0.15) is 9.50 Å². The highest BCUT2D eigenvalue weighted by molar-refractivity contribution is 7.93. The molecule has 3 rings (SSSR count). The van der Waals surface area contributed by atoms with Crippen molar-refractivity contribution in [3.8, 4) is 0 Å². The number of ether oxygens (including phenoxy) is 1. The van der Waals surface area contributed by atoms with Gasteiger partial charge < -0.3 is 10.5 Å². The minimum atomic E-state index is -3.61. The van der Waals surface area contributed by atoms with E-state index >= 15 is 0 Å². The largest absolute Gasteiger partial charge is 0.490 e. The number of nitrogens with two attached hydrogens (primary N) is 1. The van der Waals surface area contributed by atoms with Crippen molar-refractivity contribution in [3.63, 3.8) is 0 Å². The molecule has 0 aromatic carbocycles. The van der Waals surface area contributed by atoms with Crippen LogP contribution in [-0.2, 0) is 19.4 Å². The van der Waals surface area contributed by atoms with Crippen molar-refractivity contribution in [3.05, 3.63) is 45.5 Å². The van der Waals surface area contributed by atoms with Gasteiger partial charge in [0.05, 0.1) is 17.9 Å². The lowest BCUT2D eigenvalue weighted by atomic mass is 10.0. The molecule has 0 unspecified atom stereocenters. The number of carbonyl (C=O) groups excluding carboxylic acids is 1. The number of ketones is 1. The molecule has 9 nitrogen and oxygen atoms in total. The van der Waals surface area contributed by atoms with Gasteiger partial charge in [0.25, 0.3) is 5.56 Å². The number of rotatable bonds is 6. The minimum Gasteiger partial charge on any atom is -0.490 e. The second-order valence-electron chi connectivity index (χ2n) is 6.74. The summed E-state index contributed by atoms with van der Waals surface area (Å²) in [7, 11) is -3.61. The molecule has 2 aromatic heterocycles. The van der Waals surface area contributed by atoms with Crippen LogP contribution < -0.4 is 11.3 Å². The SMILES string of the molecule is CCOC1=CC(=Cc2c(N)n3nc(S(=O)(=O)CC(C)C)sc3nc2=O)C=CC1=O. The van der Waals surface area contributed by atoms with Gasteiger partial charge in [0, 0.05) is 0 Å². The maximum absolute atomic E-state index is 12.5. The third-order valence-corrected chi connectivity index (χ3v) is 7.30. The summed E-state index contributed by atoms with van der Waals surface area (Å²) in [5, 5.41) is 4.07. The molecular weight excluding hydrogens is 416 g/mol. The predicted molar refractivity (Wildman–Crippen MR) is 110 cm³/mol. The fourth-order valence-electron chi connectivity index (χ4n) is 2.68. The molecule has 0 fully saturated rings. The van der Waals surface area contributed by atoms with E-state index in [-0.39, 0.29) is 43.9 Å². The van der Waals surface area contributed by atoms with Crippen molar-refractivity contribution in [2.45, 2.75) is 25.1 Å². The lowest BCUT2D eigenvalue weighted by Gasteiger charge is -2.10. The summed E-state index contributed by atoms with van der Waals surface area (Å²) in [4.78, 5) is 28.3. The van der Waals surface area contributed by atoms with Crippen LogP contribution in [0, 0.1) is 5.92 Å². The number of nitrogens with zero attached hydrogens (tertiary/aromatic N) is 3. The molecule has 0 aliphatic heterocycles. The lowest BCUT2D eigenvalue weighted by Crippen LogP contribution is -2.17. The van der Waals surface area contributed by atoms with Crippen LogP contribution in [0.2, 0.25) is 0 Å². The molecule has 0 saturated heterocycles. The number of sulfone groups is 1. The molecule has 2 heterocycles. The van der Waals surface area contributed by atoms with Gasteiger partial charge in [-0.1, -0.05) is 31.3 Å². The Morgan fingerprint density at radius 3 is 2.69 bits per heavy atom. The van der Waals surface area contributed by atoms with E-state index in [2.05, 4.69) is 10.1 Å². The number of hydrogen-bond acceptors (Lipinski definition) is 9. The van der Waals surface area contributed by atoms with Crippen LogP contribution in [-0.4, -0.2) is 41.2 Å². The first-order valence-corrected chi connectivity index (χ1v) is 11.3. The molecule has 11 heteroatoms. The van der Waals surface area contributed by atoms with E-state index in [4.69, 9.17) is 10.5 Å². The van der Waals surface area contributed by atoms with Crippen LogP contribution in [0.1, 0.15) is 26.3 Å². The Labute approximate surface area is 171 Å². The van der Waals surface area contributed by atoms with Crippen LogP contribution in [0.15, 0.2) is 38.7 Å². The number of anilines is 1. The summed E-state index contributed by atoms with van der Waals surface area (Å²) >= 11 is 0.798. The number of aromatic nitrogens is 3. The summed E-state index contributed by atoms with van der Waals surface area (Å²) < 4.78 is 31.2. The number of fused-ring (bicyclic) bond motifs is 1. The Morgan fingerprint density at radius 1 is 1.31 bits per heavy atom. The van der Waals surface area contributed by atoms with Crippen LogP contribution in [0.4, 0.5) is 5.82 Å². The Bertz CT molecular complexity index is 1230. The first-order valence-electron chi connectivity index (χ1n) is 8.83. The Morgan fingerprint density at radius 2 is 2.03 bits per heavy atom. The molecule has 0 spiro atoms. The highest BCUT2D eigenvalue weighted by Gasteiger charge is 2.24. The molecule has 1 aliphatic rings. The van der Waals surface area contributed by atoms with Gasteiger partial charge in [-0.15, -0.1) is 5.10 Å². The molecule has 29 heavy (non-hydrogen) atoms. The standard InChI is InChI=1S/C18H20N4O5S2/c1-4-27-14-8-11(5-6-13(14)23)7-12-15(19)22-17(20-16(12)24)28-18(21-22)29(25,26)9-10(2)3/h5-8,10H,4,9,19H2,1-3H3. The maximum Gasteiger partial charge on any atom is 0.283 e. The van der Waals surface area contributed by atoms with Crippen LogP contribution in [0.25, 0.3) is 11.0 Å². The topological polar surface area (TPSA) is 134 Å². The quantitative estimate of drug-likeness (QED) is 0.722. The number of carbonyl (C=O) groups is 1. The van der Waals surface area contributed by atoms with E-state index in [1.54, 1.807) is 20.8 Å². The van der Waals surface area contributed by atoms with Crippen LogP contribution >= 0.6 is 11.3 Å². The summed E-state index contributed by atoms with van der Waals surface area (Å²) in [6.45, 7) is 5.66. The zero-order chi connectivity index (χ0) is 21.3.